The molecule has 0 saturated heterocycles. The Hall–Kier alpha value is -3.43. The van der Waals surface area contributed by atoms with E-state index in [4.69, 9.17) is 22.4 Å². The number of aliphatic carboxylic acids is 1. The molecule has 0 bridgehead atoms. The number of amides is 2. The van der Waals surface area contributed by atoms with Crippen LogP contribution >= 0.6 is 11.6 Å². The van der Waals surface area contributed by atoms with Crippen LogP contribution in [0.25, 0.3) is 16.6 Å². The Labute approximate surface area is 176 Å². The van der Waals surface area contributed by atoms with E-state index in [1.807, 2.05) is 0 Å². The van der Waals surface area contributed by atoms with Gasteiger partial charge in [0.05, 0.1) is 34.1 Å². The third-order valence-electron chi connectivity index (χ3n) is 4.27. The topological polar surface area (TPSA) is 139 Å². The maximum Gasteiger partial charge on any atom is 0.319 e. The molecule has 1 aromatic heterocycles. The maximum absolute atomic E-state index is 13.2. The highest BCUT2D eigenvalue weighted by molar-refractivity contribution is 6.35. The highest BCUT2D eigenvalue weighted by Gasteiger charge is 2.17. The summed E-state index contributed by atoms with van der Waals surface area (Å²) in [5, 5.41) is 14.2. The first-order valence-electron chi connectivity index (χ1n) is 9.11. The van der Waals surface area contributed by atoms with Crippen LogP contribution in [0, 0.1) is 0 Å². The number of carboxylic acid groups (broad SMARTS) is 1. The fraction of sp³-hybridized carbons (Fsp3) is 0.200. The van der Waals surface area contributed by atoms with Gasteiger partial charge in [-0.1, -0.05) is 23.7 Å². The lowest BCUT2D eigenvalue weighted by molar-refractivity contribution is -0.136. The van der Waals surface area contributed by atoms with E-state index >= 15 is 0 Å². The summed E-state index contributed by atoms with van der Waals surface area (Å²) < 4.78 is 1.37. The molecule has 9 nitrogen and oxygen atoms in total. The van der Waals surface area contributed by atoms with Crippen LogP contribution in [-0.4, -0.2) is 33.2 Å². The summed E-state index contributed by atoms with van der Waals surface area (Å²) in [6.07, 6.45) is -0.190. The van der Waals surface area contributed by atoms with Crippen molar-refractivity contribution >= 4 is 40.2 Å². The van der Waals surface area contributed by atoms with Crippen LogP contribution in [0.4, 0.5) is 10.5 Å². The standard InChI is InChI=1S/C20H20ClN5O4/c1-11(22)18-25-15-7-3-6-14(21)17(15)19(29)26(18)13-5-2-4-12(10-13)24-20(30)23-9-8-16(27)28/h2-7,10-11H,8-9,22H2,1H3,(H,27,28)(H2,23,24,30)/t11-/m0/s1. The number of fused-ring (bicyclic) bond motifs is 1. The molecule has 0 saturated carbocycles. The first kappa shape index (κ1) is 21.3. The van der Waals surface area contributed by atoms with Gasteiger partial charge in [0.25, 0.3) is 5.56 Å². The Balaban J connectivity index is 2.01. The molecule has 5 N–H and O–H groups in total. The van der Waals surface area contributed by atoms with Gasteiger partial charge in [0.2, 0.25) is 0 Å². The summed E-state index contributed by atoms with van der Waals surface area (Å²) in [4.78, 5) is 40.3. The predicted molar refractivity (Wildman–Crippen MR) is 114 cm³/mol. The van der Waals surface area contributed by atoms with Gasteiger partial charge < -0.3 is 21.5 Å². The second-order valence-corrected chi connectivity index (χ2v) is 7.02. The number of urea groups is 1. The van der Waals surface area contributed by atoms with E-state index in [0.717, 1.165) is 0 Å². The number of carbonyl (C=O) groups is 2. The molecule has 30 heavy (non-hydrogen) atoms. The summed E-state index contributed by atoms with van der Waals surface area (Å²) in [7, 11) is 0. The highest BCUT2D eigenvalue weighted by atomic mass is 35.5. The van der Waals surface area contributed by atoms with Gasteiger partial charge in [-0.15, -0.1) is 0 Å². The number of anilines is 1. The van der Waals surface area contributed by atoms with Crippen molar-refractivity contribution in [2.45, 2.75) is 19.4 Å². The lowest BCUT2D eigenvalue weighted by Crippen LogP contribution is -2.31. The Morgan fingerprint density at radius 1 is 1.27 bits per heavy atom. The molecule has 1 heterocycles. The van der Waals surface area contributed by atoms with Crippen molar-refractivity contribution in [3.63, 3.8) is 0 Å². The molecule has 3 rings (SSSR count). The number of carboxylic acids is 1. The molecule has 1 atom stereocenters. The second kappa shape index (κ2) is 8.93. The Morgan fingerprint density at radius 3 is 2.70 bits per heavy atom. The molecule has 0 spiro atoms. The van der Waals surface area contributed by atoms with Crippen molar-refractivity contribution in [1.29, 1.82) is 0 Å². The van der Waals surface area contributed by atoms with Crippen molar-refractivity contribution in [3.8, 4) is 5.69 Å². The second-order valence-electron chi connectivity index (χ2n) is 6.61. The maximum atomic E-state index is 13.2. The smallest absolute Gasteiger partial charge is 0.319 e. The number of hydrogen-bond donors (Lipinski definition) is 4. The van der Waals surface area contributed by atoms with Crippen molar-refractivity contribution in [2.24, 2.45) is 5.73 Å². The molecule has 10 heteroatoms. The fourth-order valence-electron chi connectivity index (χ4n) is 2.94. The summed E-state index contributed by atoms with van der Waals surface area (Å²) in [5.74, 6) is -0.666. The zero-order chi connectivity index (χ0) is 21.8. The minimum Gasteiger partial charge on any atom is -0.481 e. The van der Waals surface area contributed by atoms with Crippen molar-refractivity contribution < 1.29 is 14.7 Å². The quantitative estimate of drug-likeness (QED) is 0.475. The number of nitrogens with zero attached hydrogens (tertiary/aromatic N) is 2. The number of halogens is 1. The first-order chi connectivity index (χ1) is 14.3. The number of nitrogens with one attached hydrogen (secondary N) is 2. The van der Waals surface area contributed by atoms with Gasteiger partial charge in [0.15, 0.2) is 0 Å². The van der Waals surface area contributed by atoms with Crippen LogP contribution in [-0.2, 0) is 4.79 Å². The number of carbonyl (C=O) groups excluding carboxylic acids is 1. The van der Waals surface area contributed by atoms with E-state index in [1.54, 1.807) is 49.4 Å². The minimum atomic E-state index is -1.01. The van der Waals surface area contributed by atoms with E-state index in [1.165, 1.54) is 4.57 Å². The molecule has 156 valence electrons. The lowest BCUT2D eigenvalue weighted by Gasteiger charge is -2.17. The molecule has 2 amide bonds. The van der Waals surface area contributed by atoms with Crippen molar-refractivity contribution in [1.82, 2.24) is 14.9 Å². The van der Waals surface area contributed by atoms with Crippen LogP contribution in [0.3, 0.4) is 0 Å². The third kappa shape index (κ3) is 4.58. The zero-order valence-electron chi connectivity index (χ0n) is 16.1. The SMILES string of the molecule is C[C@H](N)c1nc2cccc(Cl)c2c(=O)n1-c1cccc(NC(=O)NCCC(=O)O)c1. The summed E-state index contributed by atoms with van der Waals surface area (Å²) in [6, 6.07) is 10.5. The van der Waals surface area contributed by atoms with Gasteiger partial charge in [-0.2, -0.15) is 0 Å². The molecule has 0 unspecified atom stereocenters. The summed E-state index contributed by atoms with van der Waals surface area (Å²) >= 11 is 6.23. The number of rotatable bonds is 6. The van der Waals surface area contributed by atoms with Crippen LogP contribution in [0.15, 0.2) is 47.3 Å². The summed E-state index contributed by atoms with van der Waals surface area (Å²) in [6.45, 7) is 1.70. The van der Waals surface area contributed by atoms with E-state index in [9.17, 15) is 14.4 Å². The van der Waals surface area contributed by atoms with E-state index in [-0.39, 0.29) is 28.9 Å². The molecule has 0 aliphatic heterocycles. The molecule has 0 radical (unpaired) electrons. The van der Waals surface area contributed by atoms with Crippen LogP contribution in [0.5, 0.6) is 0 Å². The average Bonchev–Trinajstić information content (AvgIpc) is 2.67. The molecule has 0 fully saturated rings. The van der Waals surface area contributed by atoms with Crippen LogP contribution in [0.2, 0.25) is 5.02 Å². The van der Waals surface area contributed by atoms with Crippen LogP contribution < -0.4 is 21.9 Å². The van der Waals surface area contributed by atoms with Gasteiger partial charge in [0.1, 0.15) is 5.82 Å². The largest absolute Gasteiger partial charge is 0.481 e. The van der Waals surface area contributed by atoms with Gasteiger partial charge in [-0.3, -0.25) is 14.2 Å². The Kier molecular flexibility index (Phi) is 6.34. The number of aromatic nitrogens is 2. The molecule has 3 aromatic rings. The molecule has 0 aliphatic carbocycles. The summed E-state index contributed by atoms with van der Waals surface area (Å²) in [5.41, 5.74) is 6.99. The van der Waals surface area contributed by atoms with Crippen molar-refractivity contribution in [3.05, 3.63) is 63.7 Å². The Bertz CT molecular complexity index is 1180. The first-order valence-corrected chi connectivity index (χ1v) is 9.49. The lowest BCUT2D eigenvalue weighted by atomic mass is 10.2. The molecule has 2 aromatic carbocycles. The van der Waals surface area contributed by atoms with Gasteiger partial charge in [0, 0.05) is 12.2 Å². The average molecular weight is 430 g/mol. The Morgan fingerprint density at radius 2 is 2.00 bits per heavy atom. The minimum absolute atomic E-state index is 0.0117. The van der Waals surface area contributed by atoms with Gasteiger partial charge >= 0.3 is 12.0 Å². The fourth-order valence-corrected chi connectivity index (χ4v) is 3.19. The molecular weight excluding hydrogens is 410 g/mol. The third-order valence-corrected chi connectivity index (χ3v) is 4.58. The molecular formula is C20H20ClN5O4. The highest BCUT2D eigenvalue weighted by Crippen LogP contribution is 2.23. The van der Waals surface area contributed by atoms with E-state index < -0.39 is 18.0 Å². The predicted octanol–water partition coefficient (Wildman–Crippen LogP) is 2.66. The number of hydrogen-bond acceptors (Lipinski definition) is 5. The van der Waals surface area contributed by atoms with Gasteiger partial charge in [-0.05, 0) is 37.3 Å². The van der Waals surface area contributed by atoms with Crippen molar-refractivity contribution in [2.75, 3.05) is 11.9 Å². The normalized spacial score (nSPS) is 11.8. The van der Waals surface area contributed by atoms with E-state index in [2.05, 4.69) is 15.6 Å². The van der Waals surface area contributed by atoms with E-state index in [0.29, 0.717) is 22.7 Å². The number of benzene rings is 2. The van der Waals surface area contributed by atoms with Gasteiger partial charge in [-0.25, -0.2) is 9.78 Å². The van der Waals surface area contributed by atoms with Crippen LogP contribution in [0.1, 0.15) is 25.2 Å². The molecule has 0 aliphatic rings. The zero-order valence-corrected chi connectivity index (χ0v) is 16.8. The number of nitrogens with two attached hydrogens (primary N) is 1. The monoisotopic (exact) mass is 429 g/mol.